The van der Waals surface area contributed by atoms with E-state index in [2.05, 4.69) is 15.2 Å². The van der Waals surface area contributed by atoms with Gasteiger partial charge in [-0.3, -0.25) is 4.90 Å². The Bertz CT molecular complexity index is 1030. The molecule has 0 saturated carbocycles. The Labute approximate surface area is 180 Å². The zero-order chi connectivity index (χ0) is 21.8. The van der Waals surface area contributed by atoms with Crippen LogP contribution in [0.15, 0.2) is 52.9 Å². The summed E-state index contributed by atoms with van der Waals surface area (Å²) >= 11 is 0. The molecule has 0 radical (unpaired) electrons. The lowest BCUT2D eigenvalue weighted by molar-refractivity contribution is 0.141. The topological polar surface area (TPSA) is 70.8 Å². The van der Waals surface area contributed by atoms with E-state index in [0.29, 0.717) is 31.2 Å². The predicted octanol–water partition coefficient (Wildman–Crippen LogP) is 4.15. The van der Waals surface area contributed by atoms with Crippen molar-refractivity contribution in [3.63, 3.8) is 0 Å². The van der Waals surface area contributed by atoms with E-state index in [-0.39, 0.29) is 11.8 Å². The van der Waals surface area contributed by atoms with Crippen LogP contribution in [0.4, 0.5) is 14.9 Å². The van der Waals surface area contributed by atoms with E-state index in [9.17, 15) is 9.18 Å². The number of nitrogens with zero attached hydrogens (tertiary/aromatic N) is 3. The molecule has 7 nitrogen and oxygen atoms in total. The number of benzene rings is 2. The number of halogens is 1. The Morgan fingerprint density at radius 1 is 1.10 bits per heavy atom. The van der Waals surface area contributed by atoms with Crippen LogP contribution in [0.25, 0.3) is 11.5 Å². The lowest BCUT2D eigenvalue weighted by Gasteiger charge is -2.34. The van der Waals surface area contributed by atoms with Gasteiger partial charge in [-0.2, -0.15) is 0 Å². The number of ether oxygens (including phenoxy) is 1. The van der Waals surface area contributed by atoms with Crippen LogP contribution in [0.3, 0.4) is 0 Å². The fourth-order valence-corrected chi connectivity index (χ4v) is 3.49. The first-order valence-electron chi connectivity index (χ1n) is 10.2. The van der Waals surface area contributed by atoms with Gasteiger partial charge in [-0.05, 0) is 55.5 Å². The third-order valence-corrected chi connectivity index (χ3v) is 5.36. The number of aryl methyl sites for hydroxylation is 1. The minimum Gasteiger partial charge on any atom is -0.497 e. The molecule has 31 heavy (non-hydrogen) atoms. The van der Waals surface area contributed by atoms with Crippen molar-refractivity contribution in [2.75, 3.05) is 38.6 Å². The summed E-state index contributed by atoms with van der Waals surface area (Å²) in [4.78, 5) is 21.1. The van der Waals surface area contributed by atoms with Gasteiger partial charge in [0.15, 0.2) is 0 Å². The lowest BCUT2D eigenvalue weighted by Crippen LogP contribution is -2.49. The first-order valence-corrected chi connectivity index (χ1v) is 10.2. The second-order valence-electron chi connectivity index (χ2n) is 7.45. The van der Waals surface area contributed by atoms with E-state index in [0.717, 1.165) is 35.9 Å². The number of methoxy groups -OCH3 is 1. The fraction of sp³-hybridized carbons (Fsp3) is 0.304. The lowest BCUT2D eigenvalue weighted by atomic mass is 10.2. The minimum atomic E-state index is -0.329. The average Bonchev–Trinajstić information content (AvgIpc) is 3.16. The van der Waals surface area contributed by atoms with Crippen molar-refractivity contribution in [1.29, 1.82) is 0 Å². The van der Waals surface area contributed by atoms with Crippen molar-refractivity contribution < 1.29 is 18.3 Å². The minimum absolute atomic E-state index is 0.175. The summed E-state index contributed by atoms with van der Waals surface area (Å²) in [6, 6.07) is 13.2. The van der Waals surface area contributed by atoms with Crippen LogP contribution < -0.4 is 10.1 Å². The summed E-state index contributed by atoms with van der Waals surface area (Å²) in [5.41, 5.74) is 2.38. The molecule has 1 aliphatic rings. The molecule has 0 aliphatic carbocycles. The van der Waals surface area contributed by atoms with Gasteiger partial charge in [0, 0.05) is 44.0 Å². The van der Waals surface area contributed by atoms with E-state index >= 15 is 0 Å². The standard InChI is InChI=1S/C23H25FN4O3/c1-16-21(26-22(31-16)17-3-9-20(30-2)10-4-17)15-27-11-13-28(14-12-27)23(29)25-19-7-5-18(24)6-8-19/h3-10H,11-15H2,1-2H3,(H,25,29). The summed E-state index contributed by atoms with van der Waals surface area (Å²) in [5.74, 6) is 1.84. The van der Waals surface area contributed by atoms with Crippen LogP contribution in [0.1, 0.15) is 11.5 Å². The van der Waals surface area contributed by atoms with Gasteiger partial charge >= 0.3 is 6.03 Å². The number of carbonyl (C=O) groups excluding carboxylic acids is 1. The highest BCUT2D eigenvalue weighted by atomic mass is 19.1. The van der Waals surface area contributed by atoms with Crippen molar-refractivity contribution in [3.05, 3.63) is 65.8 Å². The molecule has 1 aliphatic heterocycles. The number of aromatic nitrogens is 1. The van der Waals surface area contributed by atoms with Crippen LogP contribution in [-0.4, -0.2) is 54.1 Å². The number of piperazine rings is 1. The number of anilines is 1. The van der Waals surface area contributed by atoms with Crippen molar-refractivity contribution >= 4 is 11.7 Å². The number of carbonyl (C=O) groups is 1. The highest BCUT2D eigenvalue weighted by molar-refractivity contribution is 5.89. The highest BCUT2D eigenvalue weighted by Gasteiger charge is 2.23. The molecule has 4 rings (SSSR count). The maximum atomic E-state index is 13.0. The zero-order valence-electron chi connectivity index (χ0n) is 17.6. The van der Waals surface area contributed by atoms with E-state index in [1.165, 1.54) is 12.1 Å². The van der Waals surface area contributed by atoms with Crippen LogP contribution in [0.2, 0.25) is 0 Å². The fourth-order valence-electron chi connectivity index (χ4n) is 3.49. The monoisotopic (exact) mass is 424 g/mol. The van der Waals surface area contributed by atoms with Crippen molar-refractivity contribution in [3.8, 4) is 17.2 Å². The van der Waals surface area contributed by atoms with Gasteiger partial charge in [0.25, 0.3) is 0 Å². The summed E-state index contributed by atoms with van der Waals surface area (Å²) < 4.78 is 24.1. The largest absolute Gasteiger partial charge is 0.497 e. The number of nitrogens with one attached hydrogen (secondary N) is 1. The smallest absolute Gasteiger partial charge is 0.321 e. The predicted molar refractivity (Wildman–Crippen MR) is 115 cm³/mol. The third kappa shape index (κ3) is 5.03. The van der Waals surface area contributed by atoms with Gasteiger partial charge in [0.1, 0.15) is 17.3 Å². The molecule has 2 amide bonds. The molecule has 0 bridgehead atoms. The molecule has 1 aromatic heterocycles. The van der Waals surface area contributed by atoms with Gasteiger partial charge in [0.05, 0.1) is 12.8 Å². The molecule has 2 aromatic carbocycles. The van der Waals surface area contributed by atoms with Gasteiger partial charge in [-0.25, -0.2) is 14.2 Å². The number of amides is 2. The maximum Gasteiger partial charge on any atom is 0.321 e. The molecule has 0 atom stereocenters. The van der Waals surface area contributed by atoms with E-state index in [1.807, 2.05) is 31.2 Å². The molecule has 3 aromatic rings. The van der Waals surface area contributed by atoms with Crippen molar-refractivity contribution in [2.24, 2.45) is 0 Å². The molecule has 8 heteroatoms. The summed E-state index contributed by atoms with van der Waals surface area (Å²) in [7, 11) is 1.63. The first kappa shape index (κ1) is 20.9. The van der Waals surface area contributed by atoms with Crippen molar-refractivity contribution in [2.45, 2.75) is 13.5 Å². The zero-order valence-corrected chi connectivity index (χ0v) is 17.6. The summed E-state index contributed by atoms with van der Waals surface area (Å²) in [5, 5.41) is 2.81. The van der Waals surface area contributed by atoms with Crippen LogP contribution in [-0.2, 0) is 6.54 Å². The Hall–Kier alpha value is -3.39. The van der Waals surface area contributed by atoms with Gasteiger partial charge in [-0.15, -0.1) is 0 Å². The number of hydrogen-bond acceptors (Lipinski definition) is 5. The molecule has 2 heterocycles. The van der Waals surface area contributed by atoms with E-state index < -0.39 is 0 Å². The van der Waals surface area contributed by atoms with Crippen molar-refractivity contribution in [1.82, 2.24) is 14.8 Å². The molecular weight excluding hydrogens is 399 g/mol. The molecule has 1 N–H and O–H groups in total. The molecule has 1 fully saturated rings. The number of oxazole rings is 1. The van der Waals surface area contributed by atoms with Crippen LogP contribution >= 0.6 is 0 Å². The van der Waals surface area contributed by atoms with E-state index in [1.54, 1.807) is 24.1 Å². The number of urea groups is 1. The average molecular weight is 424 g/mol. The second-order valence-corrected chi connectivity index (χ2v) is 7.45. The Kier molecular flexibility index (Phi) is 6.18. The molecule has 162 valence electrons. The highest BCUT2D eigenvalue weighted by Crippen LogP contribution is 2.25. The quantitative estimate of drug-likeness (QED) is 0.666. The number of rotatable bonds is 5. The summed E-state index contributed by atoms with van der Waals surface area (Å²) in [6.45, 7) is 5.27. The maximum absolute atomic E-state index is 13.0. The molecule has 1 saturated heterocycles. The Balaban J connectivity index is 1.32. The molecule has 0 unspecified atom stereocenters. The Morgan fingerprint density at radius 3 is 2.42 bits per heavy atom. The van der Waals surface area contributed by atoms with Crippen LogP contribution in [0, 0.1) is 12.7 Å². The normalized spacial score (nSPS) is 14.5. The van der Waals surface area contributed by atoms with Gasteiger partial charge in [0.2, 0.25) is 5.89 Å². The van der Waals surface area contributed by atoms with Crippen LogP contribution in [0.5, 0.6) is 5.75 Å². The number of hydrogen-bond donors (Lipinski definition) is 1. The molecular formula is C23H25FN4O3. The van der Waals surface area contributed by atoms with Gasteiger partial charge < -0.3 is 19.4 Å². The van der Waals surface area contributed by atoms with Gasteiger partial charge in [-0.1, -0.05) is 0 Å². The first-order chi connectivity index (χ1) is 15.0. The summed E-state index contributed by atoms with van der Waals surface area (Å²) in [6.07, 6.45) is 0. The van der Waals surface area contributed by atoms with E-state index in [4.69, 9.17) is 9.15 Å². The Morgan fingerprint density at radius 2 is 1.77 bits per heavy atom. The third-order valence-electron chi connectivity index (χ3n) is 5.36. The SMILES string of the molecule is COc1ccc(-c2nc(CN3CCN(C(=O)Nc4ccc(F)cc4)CC3)c(C)o2)cc1. The molecule has 0 spiro atoms. The second kappa shape index (κ2) is 9.18.